The van der Waals surface area contributed by atoms with Gasteiger partial charge in [0.2, 0.25) is 5.96 Å². The topological polar surface area (TPSA) is 83.2 Å². The molecular formula is C19H26FN5O. The van der Waals surface area contributed by atoms with E-state index in [1.165, 1.54) is 17.0 Å². The van der Waals surface area contributed by atoms with E-state index in [0.29, 0.717) is 12.1 Å². The van der Waals surface area contributed by atoms with Crippen LogP contribution in [-0.2, 0) is 0 Å². The molecule has 0 saturated carbocycles. The monoisotopic (exact) mass is 359 g/mol. The van der Waals surface area contributed by atoms with Crippen LogP contribution in [0.2, 0.25) is 0 Å². The van der Waals surface area contributed by atoms with Gasteiger partial charge in [-0.25, -0.2) is 9.29 Å². The highest BCUT2D eigenvalue weighted by molar-refractivity contribution is 5.97. The number of Topliss-reactive ketones (excluding diaryl/α,β-unsaturated/α-hetero) is 1. The molecule has 0 amide bonds. The number of nitrogens with zero attached hydrogens (tertiary/aromatic N) is 3. The van der Waals surface area contributed by atoms with E-state index in [2.05, 4.69) is 10.2 Å². The zero-order chi connectivity index (χ0) is 19.1. The van der Waals surface area contributed by atoms with Gasteiger partial charge in [-0.3, -0.25) is 10.2 Å². The van der Waals surface area contributed by atoms with Gasteiger partial charge in [-0.1, -0.05) is 0 Å². The molecule has 0 bridgehead atoms. The van der Waals surface area contributed by atoms with Crippen LogP contribution >= 0.6 is 0 Å². The van der Waals surface area contributed by atoms with E-state index in [4.69, 9.17) is 10.7 Å². The zero-order valence-corrected chi connectivity index (χ0v) is 15.3. The first-order valence-corrected chi connectivity index (χ1v) is 8.96. The lowest BCUT2D eigenvalue weighted by Gasteiger charge is -2.31. The van der Waals surface area contributed by atoms with Crippen molar-refractivity contribution >= 4 is 11.7 Å². The summed E-state index contributed by atoms with van der Waals surface area (Å²) in [7, 11) is 0. The van der Waals surface area contributed by atoms with Crippen LogP contribution in [0.25, 0.3) is 0 Å². The molecule has 1 fully saturated rings. The largest absolute Gasteiger partial charge is 0.354 e. The molecule has 26 heavy (non-hydrogen) atoms. The predicted octanol–water partition coefficient (Wildman–Crippen LogP) is 2.44. The van der Waals surface area contributed by atoms with Crippen molar-refractivity contribution in [1.82, 2.24) is 15.1 Å². The molecular weight excluding hydrogens is 333 g/mol. The highest BCUT2D eigenvalue weighted by atomic mass is 19.1. The van der Waals surface area contributed by atoms with Crippen LogP contribution in [0.15, 0.2) is 24.3 Å². The minimum atomic E-state index is -0.332. The normalized spacial score (nSPS) is 15.5. The molecule has 1 saturated heterocycles. The van der Waals surface area contributed by atoms with Gasteiger partial charge in [0.1, 0.15) is 5.82 Å². The SMILES string of the molecule is CC(C)N(C#N)C(=N)NCCN1CCC(C(=O)c2ccc(F)cc2)CC1. The van der Waals surface area contributed by atoms with Gasteiger partial charge < -0.3 is 10.2 Å². The maximum atomic E-state index is 13.0. The van der Waals surface area contributed by atoms with Crippen molar-refractivity contribution < 1.29 is 9.18 Å². The molecule has 1 aliphatic rings. The van der Waals surface area contributed by atoms with Gasteiger partial charge >= 0.3 is 0 Å². The minimum Gasteiger partial charge on any atom is -0.354 e. The van der Waals surface area contributed by atoms with Gasteiger partial charge in [0.05, 0.1) is 0 Å². The van der Waals surface area contributed by atoms with Crippen molar-refractivity contribution in [3.05, 3.63) is 35.6 Å². The molecule has 140 valence electrons. The van der Waals surface area contributed by atoms with Gasteiger partial charge in [-0.15, -0.1) is 0 Å². The Labute approximate surface area is 154 Å². The molecule has 1 aliphatic heterocycles. The first kappa shape index (κ1) is 19.9. The Balaban J connectivity index is 1.73. The van der Waals surface area contributed by atoms with E-state index in [0.717, 1.165) is 32.5 Å². The summed E-state index contributed by atoms with van der Waals surface area (Å²) in [6.07, 6.45) is 3.56. The highest BCUT2D eigenvalue weighted by Gasteiger charge is 2.25. The van der Waals surface area contributed by atoms with Crippen LogP contribution in [0.4, 0.5) is 4.39 Å². The number of carbonyl (C=O) groups excluding carboxylic acids is 1. The van der Waals surface area contributed by atoms with Crippen LogP contribution in [0.5, 0.6) is 0 Å². The Hall–Kier alpha value is -2.46. The number of hydrogen-bond acceptors (Lipinski definition) is 4. The third-order valence-corrected chi connectivity index (χ3v) is 4.67. The number of nitriles is 1. The molecule has 0 aliphatic carbocycles. The van der Waals surface area contributed by atoms with Gasteiger partial charge in [0, 0.05) is 30.6 Å². The van der Waals surface area contributed by atoms with E-state index in [1.807, 2.05) is 20.0 Å². The molecule has 7 heteroatoms. The molecule has 2 rings (SSSR count). The quantitative estimate of drug-likeness (QED) is 0.268. The van der Waals surface area contributed by atoms with E-state index in [9.17, 15) is 9.18 Å². The molecule has 0 spiro atoms. The number of piperidine rings is 1. The van der Waals surface area contributed by atoms with Gasteiger partial charge in [0.25, 0.3) is 0 Å². The summed E-state index contributed by atoms with van der Waals surface area (Å²) in [6.45, 7) is 6.71. The third-order valence-electron chi connectivity index (χ3n) is 4.67. The molecule has 1 heterocycles. The fourth-order valence-electron chi connectivity index (χ4n) is 3.11. The fourth-order valence-corrected chi connectivity index (χ4v) is 3.11. The summed E-state index contributed by atoms with van der Waals surface area (Å²) in [5.41, 5.74) is 0.574. The maximum Gasteiger partial charge on any atom is 0.204 e. The number of halogens is 1. The Morgan fingerprint density at radius 2 is 2.00 bits per heavy atom. The van der Waals surface area contributed by atoms with Crippen LogP contribution in [0.1, 0.15) is 37.0 Å². The number of rotatable bonds is 6. The van der Waals surface area contributed by atoms with Crippen molar-refractivity contribution in [2.45, 2.75) is 32.7 Å². The van der Waals surface area contributed by atoms with E-state index in [-0.39, 0.29) is 29.5 Å². The van der Waals surface area contributed by atoms with Crippen LogP contribution < -0.4 is 5.32 Å². The first-order valence-electron chi connectivity index (χ1n) is 8.96. The first-order chi connectivity index (χ1) is 12.4. The zero-order valence-electron chi connectivity index (χ0n) is 15.3. The summed E-state index contributed by atoms with van der Waals surface area (Å²) in [6, 6.07) is 5.70. The third kappa shape index (κ3) is 5.27. The second-order valence-electron chi connectivity index (χ2n) is 6.83. The molecule has 1 aromatic carbocycles. The summed E-state index contributed by atoms with van der Waals surface area (Å²) in [5, 5.41) is 19.9. The second kappa shape index (κ2) is 9.30. The van der Waals surface area contributed by atoms with E-state index in [1.54, 1.807) is 12.1 Å². The number of guanidine groups is 1. The van der Waals surface area contributed by atoms with E-state index >= 15 is 0 Å². The predicted molar refractivity (Wildman–Crippen MR) is 98.2 cm³/mol. The lowest BCUT2D eigenvalue weighted by molar-refractivity contribution is 0.0842. The summed E-state index contributed by atoms with van der Waals surface area (Å²) >= 11 is 0. The number of benzene rings is 1. The highest BCUT2D eigenvalue weighted by Crippen LogP contribution is 2.21. The minimum absolute atomic E-state index is 0.0157. The summed E-state index contributed by atoms with van der Waals surface area (Å²) < 4.78 is 13.0. The van der Waals surface area contributed by atoms with Gasteiger partial charge in [-0.05, 0) is 64.0 Å². The number of likely N-dealkylation sites (tertiary alicyclic amines) is 1. The molecule has 0 aromatic heterocycles. The lowest BCUT2D eigenvalue weighted by Crippen LogP contribution is -2.45. The van der Waals surface area contributed by atoms with Crippen molar-refractivity contribution in [1.29, 1.82) is 10.7 Å². The van der Waals surface area contributed by atoms with Crippen molar-refractivity contribution in [2.75, 3.05) is 26.2 Å². The maximum absolute atomic E-state index is 13.0. The van der Waals surface area contributed by atoms with Gasteiger partial charge in [-0.2, -0.15) is 5.26 Å². The smallest absolute Gasteiger partial charge is 0.204 e. The number of carbonyl (C=O) groups is 1. The van der Waals surface area contributed by atoms with Crippen molar-refractivity contribution in [2.24, 2.45) is 5.92 Å². The van der Waals surface area contributed by atoms with Crippen molar-refractivity contribution in [3.63, 3.8) is 0 Å². The second-order valence-corrected chi connectivity index (χ2v) is 6.83. The molecule has 2 N–H and O–H groups in total. The average Bonchev–Trinajstić information content (AvgIpc) is 2.62. The van der Waals surface area contributed by atoms with Gasteiger partial charge in [0.15, 0.2) is 12.0 Å². The summed E-state index contributed by atoms with van der Waals surface area (Å²) in [5.74, 6) is -0.144. The standard InChI is InChI=1S/C19H26FN5O/c1-14(2)25(13-21)19(22)23-9-12-24-10-7-16(8-11-24)18(26)15-3-5-17(20)6-4-15/h3-6,14,16H,7-12H2,1-2H3,(H2,22,23). The van der Waals surface area contributed by atoms with Crippen LogP contribution in [-0.4, -0.2) is 53.8 Å². The van der Waals surface area contributed by atoms with Crippen LogP contribution in [0.3, 0.4) is 0 Å². The number of ketones is 1. The summed E-state index contributed by atoms with van der Waals surface area (Å²) in [4.78, 5) is 16.1. The Morgan fingerprint density at radius 3 is 2.54 bits per heavy atom. The Morgan fingerprint density at radius 1 is 1.38 bits per heavy atom. The molecule has 0 unspecified atom stereocenters. The van der Waals surface area contributed by atoms with E-state index < -0.39 is 0 Å². The lowest BCUT2D eigenvalue weighted by atomic mass is 9.89. The molecule has 0 atom stereocenters. The molecule has 1 aromatic rings. The van der Waals surface area contributed by atoms with Crippen molar-refractivity contribution in [3.8, 4) is 6.19 Å². The number of nitrogens with one attached hydrogen (secondary N) is 2. The average molecular weight is 359 g/mol. The molecule has 6 nitrogen and oxygen atoms in total. The fraction of sp³-hybridized carbons (Fsp3) is 0.526. The molecule has 0 radical (unpaired) electrons. The van der Waals surface area contributed by atoms with Crippen LogP contribution in [0, 0.1) is 28.6 Å². The Bertz CT molecular complexity index is 660. The Kier molecular flexibility index (Phi) is 7.10. The number of hydrogen-bond donors (Lipinski definition) is 2.